The van der Waals surface area contributed by atoms with Gasteiger partial charge in [-0.3, -0.25) is 29.8 Å². The Morgan fingerprint density at radius 2 is 0.860 bits per heavy atom. The van der Waals surface area contributed by atoms with Gasteiger partial charge in [-0.2, -0.15) is 92.2 Å². The molecule has 3 unspecified atom stereocenters. The van der Waals surface area contributed by atoms with Crippen molar-refractivity contribution < 1.29 is 173 Å². The van der Waals surface area contributed by atoms with Crippen LogP contribution in [0.1, 0.15) is 42.3 Å². The number of nitrogen functional groups attached to an aromatic ring is 1. The highest BCUT2D eigenvalue weighted by Gasteiger charge is 2.64. The molecule has 0 spiro atoms. The number of amides is 2. The maximum atomic E-state index is 12.5. The molecule has 3 atom stereocenters. The van der Waals surface area contributed by atoms with Crippen molar-refractivity contribution in [1.29, 1.82) is 0 Å². The number of ketones is 1. The molecule has 2 amide bonds. The number of aromatic hydroxyl groups is 1. The minimum Gasteiger partial charge on any atom is -0.507 e. The standard InChI is InChI=1S/C13H9F3N2O3S.C11H7F3N2O2S.C9H7F3O3S.C9H9F3O3S.C9H7F3O3S.C9H7F3O2S.C7H8O2S.C4H3F3N2S.C2H4.CH2Cl2/c1-7(19)21-9-5-3-2-4-8(9)11(20)18-12-17-6-10(22-12)13(14,15)16;12-11(13,14)8-5-15-10(19-8)16-9(18)6-3-1-2-4-7(6)17;10-9(11,12)7-8(15-7)16(13,14)6-4-2-1-3-5-6;2*10-9(11,12)8(13)6-16(14,15)7-4-2-1-3-5-7;10-9(11,12)6-7-15(13,14)8-4-2-1-3-5-8;1-10(8,9)7-5-3-2-4-6-7;5-4(6,7)2-1-9-3(8)10-2;1-2;2-1-3/h2-6H,1H3,(H,17,18,20);1-5,17H,(H,15,16,18);1-5,7-8H;1-5,8,13H,6H2;1-5H,6H2;1-7H;2-6H,1H3;1H,(H2,8,9);1-2H2;1H2/b;;;;;7-6+;;;;. The number of thiazole rings is 3. The number of phenolic OH excluding ortho intramolecular Hbond substituents is 1. The van der Waals surface area contributed by atoms with Gasteiger partial charge in [0.05, 0.1) is 65.3 Å². The summed E-state index contributed by atoms with van der Waals surface area (Å²) in [5.41, 5.74) is 3.17. The maximum Gasteiger partial charge on any atom is 0.451 e. The number of phenols is 1. The lowest BCUT2D eigenvalue weighted by atomic mass is 10.2. The van der Waals surface area contributed by atoms with Crippen molar-refractivity contribution in [2.45, 2.75) is 92.3 Å². The third-order valence-corrected chi connectivity index (χ3v) is 24.4. The largest absolute Gasteiger partial charge is 0.507 e. The van der Waals surface area contributed by atoms with Gasteiger partial charge in [0.1, 0.15) is 31.9 Å². The summed E-state index contributed by atoms with van der Waals surface area (Å²) in [4.78, 5) is 52.4. The Morgan fingerprint density at radius 3 is 1.19 bits per heavy atom. The van der Waals surface area contributed by atoms with Gasteiger partial charge in [0.2, 0.25) is 9.84 Å². The summed E-state index contributed by atoms with van der Waals surface area (Å²) in [7, 11) is -19.4. The molecule has 1 aliphatic heterocycles. The number of nitrogens with zero attached hydrogens (tertiary/aromatic N) is 3. The number of benzene rings is 7. The number of hydrogen-bond acceptors (Lipinski definition) is 25. The molecule has 706 valence electrons. The van der Waals surface area contributed by atoms with Gasteiger partial charge in [-0.1, -0.05) is 149 Å². The molecule has 129 heavy (non-hydrogen) atoms. The monoisotopic (exact) mass is 2050 g/mol. The molecule has 0 bridgehead atoms. The summed E-state index contributed by atoms with van der Waals surface area (Å²) in [6.45, 7) is 7.17. The molecule has 24 nitrogen and oxygen atoms in total. The number of carbonyl (C=O) groups excluding carboxylic acids is 4. The van der Waals surface area contributed by atoms with Crippen molar-refractivity contribution in [3.05, 3.63) is 269 Å². The lowest BCUT2D eigenvalue weighted by Gasteiger charge is -2.14. The Balaban J connectivity index is 0.000000500. The van der Waals surface area contributed by atoms with E-state index in [1.54, 1.807) is 54.6 Å². The summed E-state index contributed by atoms with van der Waals surface area (Å²) >= 11 is 10.6. The number of sulfone groups is 5. The summed E-state index contributed by atoms with van der Waals surface area (Å²) in [5, 5.41) is 22.5. The second-order valence-electron chi connectivity index (χ2n) is 23.5. The SMILES string of the molecule is C=C.CC(=O)Oc1ccccc1C(=O)Nc1ncc(C(F)(F)F)s1.CS(=O)(=O)c1ccccc1.ClCCl.Nc1ncc(C(F)(F)F)s1.O=C(CS(=O)(=O)c1ccccc1)C(F)(F)F.O=C(Nc1ncc(C(F)(F)F)s1)c1ccccc1O.O=S(=O)(/C=C/C(F)(F)F)c1ccccc1.O=S(=O)(CC(O)C(F)(F)F)c1ccccc1.O=S(=O)(c1ccccc1)C1OC1C(F)(F)F. The molecule has 11 rings (SSSR count). The fourth-order valence-electron chi connectivity index (χ4n) is 8.06. The van der Waals surface area contributed by atoms with Crippen LogP contribution in [0.2, 0.25) is 0 Å². The Hall–Kier alpha value is -10.6. The van der Waals surface area contributed by atoms with Crippen LogP contribution in [0.4, 0.5) is 108 Å². The zero-order valence-corrected chi connectivity index (χ0v) is 72.6. The predicted octanol–water partition coefficient (Wildman–Crippen LogP) is 18.8. The first kappa shape index (κ1) is 114. The Morgan fingerprint density at radius 1 is 0.512 bits per heavy atom. The first-order valence-corrected chi connectivity index (χ1v) is 45.5. The number of carbonyl (C=O) groups is 4. The van der Waals surface area contributed by atoms with Gasteiger partial charge in [-0.05, 0) is 84.9 Å². The highest BCUT2D eigenvalue weighted by molar-refractivity contribution is 7.94. The van der Waals surface area contributed by atoms with Crippen LogP contribution < -0.4 is 21.1 Å². The number of rotatable bonds is 16. The van der Waals surface area contributed by atoms with Gasteiger partial charge in [0.15, 0.2) is 72.4 Å². The van der Waals surface area contributed by atoms with Crippen LogP contribution in [0.15, 0.2) is 268 Å². The van der Waals surface area contributed by atoms with Gasteiger partial charge in [0.25, 0.3) is 17.6 Å². The second kappa shape index (κ2) is 50.0. The molecule has 0 radical (unpaired) electrons. The van der Waals surface area contributed by atoms with Gasteiger partial charge in [0, 0.05) is 24.7 Å². The first-order chi connectivity index (χ1) is 59.3. The number of Topliss-reactive ketones (excluding diaryl/α,β-unsaturated/α-hetero) is 1. The van der Waals surface area contributed by atoms with Crippen molar-refractivity contribution >= 4 is 145 Å². The van der Waals surface area contributed by atoms with Gasteiger partial charge < -0.3 is 25.4 Å². The van der Waals surface area contributed by atoms with E-state index in [-0.39, 0.29) is 74.4 Å². The molecule has 0 aliphatic carbocycles. The third kappa shape index (κ3) is 41.8. The first-order valence-electron chi connectivity index (χ1n) is 33.7. The van der Waals surface area contributed by atoms with Gasteiger partial charge in [-0.15, -0.1) is 36.4 Å². The number of aliphatic hydroxyl groups excluding tert-OH is 1. The number of para-hydroxylation sites is 2. The van der Waals surface area contributed by atoms with Crippen LogP contribution in [0.5, 0.6) is 11.5 Å². The average molecular weight is 2050 g/mol. The molecule has 10 aromatic rings. The third-order valence-electron chi connectivity index (χ3n) is 13.8. The number of nitrogens with one attached hydrogen (secondary N) is 2. The van der Waals surface area contributed by atoms with Crippen LogP contribution >= 0.6 is 57.2 Å². The summed E-state index contributed by atoms with van der Waals surface area (Å²) < 4.78 is 375. The lowest BCUT2D eigenvalue weighted by molar-refractivity contribution is -0.196. The fraction of sp³-hybridized carbons (Fsp3) is 0.203. The van der Waals surface area contributed by atoms with Gasteiger partial charge in [-0.25, -0.2) is 57.0 Å². The molecule has 4 heterocycles. The highest BCUT2D eigenvalue weighted by atomic mass is 35.5. The Bertz CT molecular complexity index is 5860. The summed E-state index contributed by atoms with van der Waals surface area (Å²) in [6.07, 6.45) is -34.8. The second-order valence-corrected chi connectivity index (χ2v) is 37.3. The zero-order chi connectivity index (χ0) is 98.8. The van der Waals surface area contributed by atoms with Crippen molar-refractivity contribution in [3.63, 3.8) is 0 Å². The quantitative estimate of drug-likeness (QED) is 0.0150. The number of allylic oxidation sites excluding steroid dienone is 1. The molecule has 7 aromatic carbocycles. The van der Waals surface area contributed by atoms with E-state index in [9.17, 15) is 159 Å². The van der Waals surface area contributed by atoms with Crippen LogP contribution in [0, 0.1) is 0 Å². The van der Waals surface area contributed by atoms with Crippen LogP contribution in [0.25, 0.3) is 0 Å². The minimum atomic E-state index is -5.12. The lowest BCUT2D eigenvalue weighted by Crippen LogP contribution is -2.35. The topological polar surface area (TPSA) is 390 Å². The average Bonchev–Trinajstić information content (AvgIpc) is 1.59. The number of aromatic nitrogens is 3. The number of ether oxygens (including phenoxy) is 2. The van der Waals surface area contributed by atoms with Crippen molar-refractivity contribution in [3.8, 4) is 11.5 Å². The van der Waals surface area contributed by atoms with E-state index in [1.807, 2.05) is 0 Å². The Kier molecular flexibility index (Phi) is 44.3. The number of epoxide rings is 1. The van der Waals surface area contributed by atoms with E-state index in [2.05, 4.69) is 43.5 Å². The minimum absolute atomic E-state index is 0.0140. The predicted molar refractivity (Wildman–Crippen MR) is 432 cm³/mol. The molecule has 1 saturated heterocycles. The number of alkyl halides is 23. The van der Waals surface area contributed by atoms with Crippen molar-refractivity contribution in [2.24, 2.45) is 0 Å². The van der Waals surface area contributed by atoms with Crippen LogP contribution in [-0.4, -0.2) is 156 Å². The van der Waals surface area contributed by atoms with E-state index < -0.39 is 160 Å². The maximum absolute atomic E-state index is 12.5. The fourth-order valence-corrected chi connectivity index (χ4v) is 15.8. The van der Waals surface area contributed by atoms with E-state index in [0.717, 1.165) is 18.3 Å². The highest BCUT2D eigenvalue weighted by Crippen LogP contribution is 2.43. The number of halogens is 23. The molecule has 0 saturated carbocycles. The number of nitrogens with two attached hydrogens (primary N) is 1. The van der Waals surface area contributed by atoms with E-state index in [4.69, 9.17) is 38.8 Å². The number of esters is 1. The molecular weight excluding hydrogens is 1990 g/mol. The van der Waals surface area contributed by atoms with Crippen molar-refractivity contribution in [1.82, 2.24) is 15.0 Å². The molecule has 1 fully saturated rings. The molecule has 1 aliphatic rings. The molecule has 55 heteroatoms. The van der Waals surface area contributed by atoms with Crippen LogP contribution in [0.3, 0.4) is 0 Å². The van der Waals surface area contributed by atoms with E-state index >= 15 is 0 Å². The Labute approximate surface area is 741 Å². The molecule has 6 N–H and O–H groups in total. The smallest absolute Gasteiger partial charge is 0.451 e. The van der Waals surface area contributed by atoms with Crippen molar-refractivity contribution in [2.75, 3.05) is 39.5 Å². The van der Waals surface area contributed by atoms with Gasteiger partial charge >= 0.3 is 49.2 Å². The normalized spacial score (nSPS) is 13.6. The van der Waals surface area contributed by atoms with Crippen LogP contribution in [-0.2, 0) is 82.0 Å². The summed E-state index contributed by atoms with van der Waals surface area (Å²) in [6, 6.07) is 47.0. The summed E-state index contributed by atoms with van der Waals surface area (Å²) in [5.74, 6) is -7.49. The molecule has 3 aromatic heterocycles. The van der Waals surface area contributed by atoms with E-state index in [1.165, 1.54) is 147 Å². The zero-order valence-electron chi connectivity index (χ0n) is 64.5. The molecular formula is C74H63Cl2F21N6O18S8. The number of aliphatic hydroxyl groups is 1. The number of hydrogen-bond donors (Lipinski definition) is 5. The number of anilines is 3. The van der Waals surface area contributed by atoms with E-state index in [0.29, 0.717) is 51.3 Å².